The first-order valence-electron chi connectivity index (χ1n) is 10.6. The number of hydrogen-bond acceptors (Lipinski definition) is 3. The van der Waals surface area contributed by atoms with E-state index in [9.17, 15) is 5.11 Å². The van der Waals surface area contributed by atoms with Crippen LogP contribution in [0.4, 0.5) is 0 Å². The maximum atomic E-state index is 10.0. The van der Waals surface area contributed by atoms with E-state index >= 15 is 0 Å². The molecule has 0 saturated heterocycles. The lowest BCUT2D eigenvalue weighted by Gasteiger charge is -2.21. The van der Waals surface area contributed by atoms with Crippen LogP contribution in [0.5, 0.6) is 0 Å². The Morgan fingerprint density at radius 1 is 1.14 bits per heavy atom. The Hall–Kier alpha value is -2.40. The van der Waals surface area contributed by atoms with Crippen molar-refractivity contribution in [3.8, 4) is 11.3 Å². The SMILES string of the molecule is Cc1cc(C)n(CCc2c(-c3ccccc3)ncn2[C@H](C)CCCC(C)(C)O)n1. The molecule has 0 aliphatic carbocycles. The lowest BCUT2D eigenvalue weighted by Crippen LogP contribution is -2.19. The van der Waals surface area contributed by atoms with Gasteiger partial charge in [-0.1, -0.05) is 30.3 Å². The normalized spacial score (nSPS) is 13.0. The molecule has 1 aromatic carbocycles. The second-order valence-electron chi connectivity index (χ2n) is 8.77. The summed E-state index contributed by atoms with van der Waals surface area (Å²) in [5.41, 5.74) is 5.09. The van der Waals surface area contributed by atoms with Crippen molar-refractivity contribution in [3.63, 3.8) is 0 Å². The molecule has 156 valence electrons. The predicted octanol–water partition coefficient (Wildman–Crippen LogP) is 5.11. The molecular weight excluding hydrogens is 360 g/mol. The van der Waals surface area contributed by atoms with E-state index in [1.165, 1.54) is 11.4 Å². The lowest BCUT2D eigenvalue weighted by molar-refractivity contribution is 0.0671. The first-order valence-corrected chi connectivity index (χ1v) is 10.6. The second-order valence-corrected chi connectivity index (χ2v) is 8.77. The fourth-order valence-corrected chi connectivity index (χ4v) is 3.93. The lowest BCUT2D eigenvalue weighted by atomic mass is 9.99. The number of rotatable bonds is 9. The number of aromatic nitrogens is 4. The number of benzene rings is 1. The summed E-state index contributed by atoms with van der Waals surface area (Å²) >= 11 is 0. The summed E-state index contributed by atoms with van der Waals surface area (Å²) < 4.78 is 4.40. The van der Waals surface area contributed by atoms with Gasteiger partial charge in [0, 0.05) is 36.0 Å². The number of hydrogen-bond donors (Lipinski definition) is 1. The molecule has 0 unspecified atom stereocenters. The zero-order valence-corrected chi connectivity index (χ0v) is 18.4. The maximum Gasteiger partial charge on any atom is 0.0958 e. The molecule has 5 heteroatoms. The molecule has 0 amide bonds. The van der Waals surface area contributed by atoms with Gasteiger partial charge in [0.2, 0.25) is 0 Å². The molecule has 0 radical (unpaired) electrons. The highest BCUT2D eigenvalue weighted by Gasteiger charge is 2.18. The Morgan fingerprint density at radius 2 is 1.86 bits per heavy atom. The van der Waals surface area contributed by atoms with Gasteiger partial charge >= 0.3 is 0 Å². The third-order valence-corrected chi connectivity index (χ3v) is 5.49. The average Bonchev–Trinajstić information content (AvgIpc) is 3.22. The van der Waals surface area contributed by atoms with Crippen LogP contribution >= 0.6 is 0 Å². The zero-order chi connectivity index (χ0) is 21.0. The molecule has 1 N–H and O–H groups in total. The fraction of sp³-hybridized carbons (Fsp3) is 0.500. The van der Waals surface area contributed by atoms with Crippen molar-refractivity contribution in [1.82, 2.24) is 19.3 Å². The summed E-state index contributed by atoms with van der Waals surface area (Å²) in [7, 11) is 0. The van der Waals surface area contributed by atoms with Crippen molar-refractivity contribution in [1.29, 1.82) is 0 Å². The molecule has 29 heavy (non-hydrogen) atoms. The minimum atomic E-state index is -0.609. The van der Waals surface area contributed by atoms with Gasteiger partial charge in [-0.05, 0) is 59.9 Å². The van der Waals surface area contributed by atoms with E-state index in [0.717, 1.165) is 49.2 Å². The van der Waals surface area contributed by atoms with Crippen molar-refractivity contribution in [2.45, 2.75) is 78.5 Å². The summed E-state index contributed by atoms with van der Waals surface area (Å²) in [6, 6.07) is 12.9. The Bertz CT molecular complexity index is 918. The van der Waals surface area contributed by atoms with Crippen LogP contribution in [0, 0.1) is 13.8 Å². The molecule has 0 aliphatic rings. The first-order chi connectivity index (χ1) is 13.7. The van der Waals surface area contributed by atoms with Crippen LogP contribution in [0.25, 0.3) is 11.3 Å². The number of aliphatic hydroxyl groups is 1. The van der Waals surface area contributed by atoms with Crippen molar-refractivity contribution in [2.75, 3.05) is 0 Å². The van der Waals surface area contributed by atoms with Gasteiger partial charge in [0.15, 0.2) is 0 Å². The molecule has 0 bridgehead atoms. The topological polar surface area (TPSA) is 55.9 Å². The summed E-state index contributed by atoms with van der Waals surface area (Å²) in [6.07, 6.45) is 5.66. The van der Waals surface area contributed by atoms with Gasteiger partial charge < -0.3 is 9.67 Å². The van der Waals surface area contributed by atoms with Gasteiger partial charge in [0.05, 0.1) is 23.3 Å². The predicted molar refractivity (Wildman–Crippen MR) is 118 cm³/mol. The quantitative estimate of drug-likeness (QED) is 0.549. The van der Waals surface area contributed by atoms with E-state index in [0.29, 0.717) is 6.04 Å². The molecule has 3 rings (SSSR count). The molecule has 0 aliphatic heterocycles. The van der Waals surface area contributed by atoms with E-state index < -0.39 is 5.60 Å². The van der Waals surface area contributed by atoms with Crippen molar-refractivity contribution < 1.29 is 5.11 Å². The Labute approximate surface area is 174 Å². The van der Waals surface area contributed by atoms with Crippen LogP contribution in [0.1, 0.15) is 63.2 Å². The smallest absolute Gasteiger partial charge is 0.0958 e. The first kappa shape index (κ1) is 21.3. The van der Waals surface area contributed by atoms with E-state index in [4.69, 9.17) is 4.98 Å². The summed E-state index contributed by atoms with van der Waals surface area (Å²) in [6.45, 7) is 11.0. The third-order valence-electron chi connectivity index (χ3n) is 5.49. The molecule has 0 fully saturated rings. The monoisotopic (exact) mass is 394 g/mol. The van der Waals surface area contributed by atoms with Gasteiger partial charge in [-0.15, -0.1) is 0 Å². The van der Waals surface area contributed by atoms with Gasteiger partial charge in [0.1, 0.15) is 0 Å². The Balaban J connectivity index is 1.83. The van der Waals surface area contributed by atoms with Crippen LogP contribution in [0.2, 0.25) is 0 Å². The van der Waals surface area contributed by atoms with Crippen molar-refractivity contribution >= 4 is 0 Å². The molecule has 0 spiro atoms. The largest absolute Gasteiger partial charge is 0.390 e. The molecule has 2 aromatic heterocycles. The number of aryl methyl sites for hydroxylation is 3. The van der Waals surface area contributed by atoms with E-state index in [1.807, 2.05) is 33.2 Å². The number of imidazole rings is 1. The molecule has 0 saturated carbocycles. The summed E-state index contributed by atoms with van der Waals surface area (Å²) in [5.74, 6) is 0. The molecule has 3 aromatic rings. The zero-order valence-electron chi connectivity index (χ0n) is 18.4. The van der Waals surface area contributed by atoms with Crippen LogP contribution in [0.15, 0.2) is 42.7 Å². The Kier molecular flexibility index (Phi) is 6.58. The van der Waals surface area contributed by atoms with E-state index in [2.05, 4.69) is 58.5 Å². The molecule has 2 heterocycles. The molecular formula is C24H34N4O. The van der Waals surface area contributed by atoms with Crippen LogP contribution in [-0.2, 0) is 13.0 Å². The van der Waals surface area contributed by atoms with Crippen molar-refractivity contribution in [3.05, 3.63) is 59.8 Å². The standard InChI is InChI=1S/C24H34N4O/c1-18-16-20(3)28(26-18)15-13-22-23(21-11-7-6-8-12-21)25-17-27(22)19(2)10-9-14-24(4,5)29/h6-8,11-12,16-17,19,29H,9-10,13-15H2,1-5H3/t19-/m1/s1. The van der Waals surface area contributed by atoms with Crippen LogP contribution in [0.3, 0.4) is 0 Å². The summed E-state index contributed by atoms with van der Waals surface area (Å²) in [4.78, 5) is 4.79. The highest BCUT2D eigenvalue weighted by Crippen LogP contribution is 2.28. The van der Waals surface area contributed by atoms with E-state index in [1.54, 1.807) is 0 Å². The summed E-state index contributed by atoms with van der Waals surface area (Å²) in [5, 5.41) is 14.6. The highest BCUT2D eigenvalue weighted by atomic mass is 16.3. The van der Waals surface area contributed by atoms with E-state index in [-0.39, 0.29) is 0 Å². The Morgan fingerprint density at radius 3 is 2.48 bits per heavy atom. The minimum absolute atomic E-state index is 0.331. The van der Waals surface area contributed by atoms with Gasteiger partial charge in [-0.2, -0.15) is 5.10 Å². The maximum absolute atomic E-state index is 10.0. The highest BCUT2D eigenvalue weighted by molar-refractivity contribution is 5.61. The van der Waals surface area contributed by atoms with Gasteiger partial charge in [-0.25, -0.2) is 4.98 Å². The molecule has 1 atom stereocenters. The van der Waals surface area contributed by atoms with Gasteiger partial charge in [-0.3, -0.25) is 4.68 Å². The van der Waals surface area contributed by atoms with Crippen LogP contribution < -0.4 is 0 Å². The molecule has 5 nitrogen and oxygen atoms in total. The number of nitrogens with zero attached hydrogens (tertiary/aromatic N) is 4. The minimum Gasteiger partial charge on any atom is -0.390 e. The van der Waals surface area contributed by atoms with Gasteiger partial charge in [0.25, 0.3) is 0 Å². The fourth-order valence-electron chi connectivity index (χ4n) is 3.93. The van der Waals surface area contributed by atoms with Crippen molar-refractivity contribution in [2.24, 2.45) is 0 Å². The van der Waals surface area contributed by atoms with Crippen LogP contribution in [-0.4, -0.2) is 30.0 Å². The second kappa shape index (κ2) is 8.95. The average molecular weight is 395 g/mol. The third kappa shape index (κ3) is 5.57.